The van der Waals surface area contributed by atoms with E-state index in [2.05, 4.69) is 20.9 Å². The fraction of sp³-hybridized carbons (Fsp3) is 0.100. The van der Waals surface area contributed by atoms with Crippen LogP contribution in [0.4, 0.5) is 0 Å². The van der Waals surface area contributed by atoms with E-state index in [0.717, 1.165) is 0 Å². The summed E-state index contributed by atoms with van der Waals surface area (Å²) in [4.78, 5) is 3.68. The van der Waals surface area contributed by atoms with Gasteiger partial charge in [0.05, 0.1) is 13.3 Å². The quantitative estimate of drug-likeness (QED) is 0.837. The fourth-order valence-electron chi connectivity index (χ4n) is 1.17. The number of methoxy groups -OCH3 is 1. The standard InChI is InChI=1S/C10H8BrNO4S/c1-15-7-3-2-4-8(5-7)16-10-12-6-9(11)17(10,13)14/h2-6H,1H3. The molecule has 0 amide bonds. The minimum atomic E-state index is -3.62. The van der Waals surface area contributed by atoms with Gasteiger partial charge < -0.3 is 9.47 Å². The van der Waals surface area contributed by atoms with E-state index in [4.69, 9.17) is 9.47 Å². The molecule has 0 bridgehead atoms. The van der Waals surface area contributed by atoms with Crippen molar-refractivity contribution in [1.82, 2.24) is 0 Å². The highest BCUT2D eigenvalue weighted by Crippen LogP contribution is 2.26. The molecule has 0 aliphatic carbocycles. The maximum Gasteiger partial charge on any atom is 0.320 e. The summed E-state index contributed by atoms with van der Waals surface area (Å²) in [6.45, 7) is 0. The summed E-state index contributed by atoms with van der Waals surface area (Å²) in [6.07, 6.45) is 1.19. The molecule has 0 radical (unpaired) electrons. The van der Waals surface area contributed by atoms with Crippen LogP contribution in [0.5, 0.6) is 11.5 Å². The Morgan fingerprint density at radius 2 is 2.00 bits per heavy atom. The molecule has 7 heteroatoms. The topological polar surface area (TPSA) is 65.0 Å². The first-order valence-electron chi connectivity index (χ1n) is 4.54. The average molecular weight is 318 g/mol. The molecular formula is C10H8BrNO4S. The number of hydrogen-bond acceptors (Lipinski definition) is 5. The van der Waals surface area contributed by atoms with Crippen LogP contribution in [-0.4, -0.2) is 20.8 Å². The van der Waals surface area contributed by atoms with E-state index in [1.54, 1.807) is 24.3 Å². The number of nitrogens with zero attached hydrogens (tertiary/aromatic N) is 1. The second-order valence-electron chi connectivity index (χ2n) is 3.11. The molecule has 0 aromatic heterocycles. The van der Waals surface area contributed by atoms with Crippen molar-refractivity contribution in [2.24, 2.45) is 4.99 Å². The zero-order valence-electron chi connectivity index (χ0n) is 8.75. The van der Waals surface area contributed by atoms with Crippen LogP contribution in [0.2, 0.25) is 0 Å². The van der Waals surface area contributed by atoms with Crippen LogP contribution in [0, 0.1) is 0 Å². The van der Waals surface area contributed by atoms with Crippen LogP contribution in [-0.2, 0) is 9.84 Å². The normalized spacial score (nSPS) is 17.3. The highest BCUT2D eigenvalue weighted by atomic mass is 79.9. The Bertz CT molecular complexity index is 606. The summed E-state index contributed by atoms with van der Waals surface area (Å²) in [7, 11) is -2.10. The van der Waals surface area contributed by atoms with Crippen LogP contribution < -0.4 is 9.47 Å². The Morgan fingerprint density at radius 3 is 2.59 bits per heavy atom. The van der Waals surface area contributed by atoms with E-state index in [-0.39, 0.29) is 9.04 Å². The summed E-state index contributed by atoms with van der Waals surface area (Å²) in [5.41, 5.74) is 0. The molecule has 1 heterocycles. The molecule has 2 rings (SSSR count). The van der Waals surface area contributed by atoms with Crippen molar-refractivity contribution in [3.05, 3.63) is 34.3 Å². The zero-order chi connectivity index (χ0) is 12.5. The van der Waals surface area contributed by atoms with Gasteiger partial charge in [-0.3, -0.25) is 0 Å². The third kappa shape index (κ3) is 2.34. The van der Waals surface area contributed by atoms with E-state index in [9.17, 15) is 8.42 Å². The SMILES string of the molecule is COc1cccc(OC2=NC=C(Br)S2(=O)=O)c1. The Balaban J connectivity index is 2.24. The largest absolute Gasteiger partial charge is 0.497 e. The lowest BCUT2D eigenvalue weighted by atomic mass is 10.3. The summed E-state index contributed by atoms with van der Waals surface area (Å²) < 4.78 is 33.5. The number of aliphatic imine (C=N–C) groups is 1. The first kappa shape index (κ1) is 12.1. The second-order valence-corrected chi connectivity index (χ2v) is 6.29. The predicted molar refractivity (Wildman–Crippen MR) is 67.0 cm³/mol. The lowest BCUT2D eigenvalue weighted by molar-refractivity contribution is 0.412. The van der Waals surface area contributed by atoms with Crippen molar-refractivity contribution < 1.29 is 17.9 Å². The third-order valence-electron chi connectivity index (χ3n) is 2.00. The van der Waals surface area contributed by atoms with Crippen molar-refractivity contribution >= 4 is 31.0 Å². The molecule has 0 saturated heterocycles. The van der Waals surface area contributed by atoms with E-state index >= 15 is 0 Å². The Hall–Kier alpha value is -1.34. The number of hydrogen-bond donors (Lipinski definition) is 0. The molecule has 90 valence electrons. The van der Waals surface area contributed by atoms with Crippen molar-refractivity contribution in [3.63, 3.8) is 0 Å². The van der Waals surface area contributed by atoms with E-state index in [1.165, 1.54) is 13.3 Å². The van der Waals surface area contributed by atoms with E-state index in [0.29, 0.717) is 11.5 Å². The number of benzene rings is 1. The fourth-order valence-corrected chi connectivity index (χ4v) is 2.45. The van der Waals surface area contributed by atoms with Crippen LogP contribution >= 0.6 is 15.9 Å². The molecule has 0 N–H and O–H groups in total. The van der Waals surface area contributed by atoms with Gasteiger partial charge in [-0.15, -0.1) is 0 Å². The number of halogens is 1. The summed E-state index contributed by atoms with van der Waals surface area (Å²) in [6, 6.07) is 6.61. The highest BCUT2D eigenvalue weighted by Gasteiger charge is 2.30. The van der Waals surface area contributed by atoms with Gasteiger partial charge in [0.2, 0.25) is 0 Å². The van der Waals surface area contributed by atoms with E-state index in [1.807, 2.05) is 0 Å². The van der Waals surface area contributed by atoms with Gasteiger partial charge in [-0.25, -0.2) is 13.4 Å². The molecule has 5 nitrogen and oxygen atoms in total. The molecule has 0 unspecified atom stereocenters. The second kappa shape index (κ2) is 4.50. The van der Waals surface area contributed by atoms with Crippen molar-refractivity contribution in [2.75, 3.05) is 7.11 Å². The first-order chi connectivity index (χ1) is 8.04. The third-order valence-corrected chi connectivity index (χ3v) is 4.76. The molecular weight excluding hydrogens is 310 g/mol. The van der Waals surface area contributed by atoms with Gasteiger partial charge in [0.25, 0.3) is 9.84 Å². The van der Waals surface area contributed by atoms with Crippen LogP contribution in [0.15, 0.2) is 39.3 Å². The number of ether oxygens (including phenoxy) is 2. The Kier molecular flexibility index (Phi) is 3.21. The number of rotatable bonds is 2. The monoisotopic (exact) mass is 317 g/mol. The van der Waals surface area contributed by atoms with Crippen LogP contribution in [0.3, 0.4) is 0 Å². The van der Waals surface area contributed by atoms with Gasteiger partial charge in [-0.2, -0.15) is 0 Å². The predicted octanol–water partition coefficient (Wildman–Crippen LogP) is 2.05. The molecule has 0 saturated carbocycles. The minimum Gasteiger partial charge on any atom is -0.497 e. The van der Waals surface area contributed by atoms with Gasteiger partial charge in [-0.1, -0.05) is 6.07 Å². The van der Waals surface area contributed by atoms with Gasteiger partial charge >= 0.3 is 5.23 Å². The molecule has 0 spiro atoms. The van der Waals surface area contributed by atoms with Gasteiger partial charge in [0.1, 0.15) is 15.3 Å². The zero-order valence-corrected chi connectivity index (χ0v) is 11.2. The van der Waals surface area contributed by atoms with Crippen LogP contribution in [0.1, 0.15) is 0 Å². The first-order valence-corrected chi connectivity index (χ1v) is 6.82. The van der Waals surface area contributed by atoms with Gasteiger partial charge in [0.15, 0.2) is 0 Å². The van der Waals surface area contributed by atoms with Gasteiger partial charge in [-0.05, 0) is 28.1 Å². The number of sulfone groups is 1. The molecule has 1 aliphatic rings. The molecule has 0 fully saturated rings. The minimum absolute atomic E-state index is 0.0112. The van der Waals surface area contributed by atoms with Crippen molar-refractivity contribution in [3.8, 4) is 11.5 Å². The van der Waals surface area contributed by atoms with Gasteiger partial charge in [0, 0.05) is 6.07 Å². The summed E-state index contributed by atoms with van der Waals surface area (Å²) in [5.74, 6) is 0.924. The van der Waals surface area contributed by atoms with Crippen LogP contribution in [0.25, 0.3) is 0 Å². The summed E-state index contributed by atoms with van der Waals surface area (Å²) in [5, 5.41) is -0.349. The Labute approximate surface area is 107 Å². The molecule has 1 aromatic rings. The molecule has 17 heavy (non-hydrogen) atoms. The molecule has 1 aliphatic heterocycles. The Morgan fingerprint density at radius 1 is 1.29 bits per heavy atom. The lowest BCUT2D eigenvalue weighted by Gasteiger charge is -2.06. The molecule has 0 atom stereocenters. The highest BCUT2D eigenvalue weighted by molar-refractivity contribution is 9.14. The summed E-state index contributed by atoms with van der Waals surface area (Å²) >= 11 is 2.90. The lowest BCUT2D eigenvalue weighted by Crippen LogP contribution is -2.17. The average Bonchev–Trinajstić information content (AvgIpc) is 2.56. The van der Waals surface area contributed by atoms with Crippen molar-refractivity contribution in [2.45, 2.75) is 0 Å². The maximum atomic E-state index is 11.6. The maximum absolute atomic E-state index is 11.6. The molecule has 1 aromatic carbocycles. The smallest absolute Gasteiger partial charge is 0.320 e. The van der Waals surface area contributed by atoms with E-state index < -0.39 is 9.84 Å². The van der Waals surface area contributed by atoms with Crippen molar-refractivity contribution in [1.29, 1.82) is 0 Å².